The van der Waals surface area contributed by atoms with Gasteiger partial charge in [-0.3, -0.25) is 10.0 Å². The average molecular weight is 540 g/mol. The van der Waals surface area contributed by atoms with Crippen molar-refractivity contribution >= 4 is 52.6 Å². The van der Waals surface area contributed by atoms with Gasteiger partial charge in [-0.1, -0.05) is 50.8 Å². The normalized spacial score (nSPS) is 20.6. The number of allylic oxidation sites excluding steroid dienone is 2. The zero-order valence-corrected chi connectivity index (χ0v) is 22.0. The van der Waals surface area contributed by atoms with E-state index in [1.54, 1.807) is 31.2 Å². The number of phosphoric ester groups is 1. The summed E-state index contributed by atoms with van der Waals surface area (Å²) in [5, 5.41) is 4.38. The molecule has 0 bridgehead atoms. The maximum atomic E-state index is 13.6. The SMILES string of the molecule is C=c1c(N=O)c2ccccc2c(NOCOP(=O)(O)O)/c1=C/C(=C\C)S(=O)(=O)N1CC(C)CC(C)C1. The Balaban J connectivity index is 2.18. The molecule has 1 aliphatic rings. The van der Waals surface area contributed by atoms with E-state index in [0.29, 0.717) is 23.9 Å². The number of fused-ring (bicyclic) bond motifs is 1. The summed E-state index contributed by atoms with van der Waals surface area (Å²) in [4.78, 5) is 34.6. The molecule has 3 rings (SSSR count). The first-order valence-corrected chi connectivity index (χ1v) is 14.2. The van der Waals surface area contributed by atoms with Crippen LogP contribution in [0.4, 0.5) is 11.4 Å². The molecule has 1 aliphatic heterocycles. The summed E-state index contributed by atoms with van der Waals surface area (Å²) in [7, 11) is -8.66. The Labute approximate surface area is 209 Å². The zero-order chi connectivity index (χ0) is 26.7. The summed E-state index contributed by atoms with van der Waals surface area (Å²) in [6.45, 7) is 9.55. The zero-order valence-electron chi connectivity index (χ0n) is 20.2. The highest BCUT2D eigenvalue weighted by Gasteiger charge is 2.32. The predicted molar refractivity (Wildman–Crippen MR) is 139 cm³/mol. The number of piperidine rings is 1. The van der Waals surface area contributed by atoms with Crippen molar-refractivity contribution in [2.75, 3.05) is 25.4 Å². The van der Waals surface area contributed by atoms with Crippen LogP contribution in [0.15, 0.2) is 40.4 Å². The van der Waals surface area contributed by atoms with E-state index in [4.69, 9.17) is 14.6 Å². The summed E-state index contributed by atoms with van der Waals surface area (Å²) in [6.07, 6.45) is 3.78. The number of nitroso groups, excluding NO2 is 1. The number of sulfonamides is 1. The molecule has 11 nitrogen and oxygen atoms in total. The molecule has 1 fully saturated rings. The largest absolute Gasteiger partial charge is 0.471 e. The quantitative estimate of drug-likeness (QED) is 0.143. The number of hydrogen-bond acceptors (Lipinski definition) is 8. The lowest BCUT2D eigenvalue weighted by Crippen LogP contribution is -2.43. The van der Waals surface area contributed by atoms with E-state index < -0.39 is 24.6 Å². The minimum absolute atomic E-state index is 0.00431. The number of anilines is 1. The van der Waals surface area contributed by atoms with Crippen LogP contribution in [-0.2, 0) is 23.9 Å². The lowest BCUT2D eigenvalue weighted by Gasteiger charge is -2.34. The van der Waals surface area contributed by atoms with Gasteiger partial charge in [-0.2, -0.15) is 4.31 Å². The molecule has 2 aromatic rings. The van der Waals surface area contributed by atoms with Gasteiger partial charge >= 0.3 is 7.82 Å². The van der Waals surface area contributed by atoms with Crippen LogP contribution >= 0.6 is 7.82 Å². The molecule has 0 radical (unpaired) electrons. The van der Waals surface area contributed by atoms with E-state index >= 15 is 0 Å². The molecule has 0 saturated carbocycles. The molecule has 196 valence electrons. The Morgan fingerprint density at radius 3 is 2.42 bits per heavy atom. The Kier molecular flexibility index (Phi) is 8.84. The van der Waals surface area contributed by atoms with Gasteiger partial charge in [0.1, 0.15) is 5.69 Å². The van der Waals surface area contributed by atoms with Crippen molar-refractivity contribution in [3.05, 3.63) is 50.6 Å². The van der Waals surface area contributed by atoms with Crippen molar-refractivity contribution in [1.82, 2.24) is 4.31 Å². The number of nitrogens with one attached hydrogen (secondary N) is 1. The molecule has 1 heterocycles. The molecule has 2 unspecified atom stereocenters. The van der Waals surface area contributed by atoms with Gasteiger partial charge in [0, 0.05) is 34.3 Å². The first-order chi connectivity index (χ1) is 16.9. The number of benzene rings is 2. The molecule has 2 atom stereocenters. The summed E-state index contributed by atoms with van der Waals surface area (Å²) in [5.41, 5.74) is 2.84. The predicted octanol–water partition coefficient (Wildman–Crippen LogP) is 3.05. The minimum Gasteiger partial charge on any atom is -0.303 e. The lowest BCUT2D eigenvalue weighted by molar-refractivity contribution is 0.0271. The second-order valence-electron chi connectivity index (χ2n) is 8.84. The van der Waals surface area contributed by atoms with E-state index in [-0.39, 0.29) is 38.6 Å². The van der Waals surface area contributed by atoms with E-state index in [9.17, 15) is 17.9 Å². The van der Waals surface area contributed by atoms with Gasteiger partial charge in [0.05, 0.1) is 10.6 Å². The van der Waals surface area contributed by atoms with Gasteiger partial charge in [0.15, 0.2) is 6.79 Å². The Morgan fingerprint density at radius 2 is 1.86 bits per heavy atom. The third kappa shape index (κ3) is 6.27. The monoisotopic (exact) mass is 539 g/mol. The molecule has 1 saturated heterocycles. The van der Waals surface area contributed by atoms with Crippen molar-refractivity contribution in [2.24, 2.45) is 17.0 Å². The van der Waals surface area contributed by atoms with Gasteiger partial charge in [0.25, 0.3) is 0 Å². The van der Waals surface area contributed by atoms with Crippen LogP contribution in [0.2, 0.25) is 0 Å². The molecule has 36 heavy (non-hydrogen) atoms. The van der Waals surface area contributed by atoms with Gasteiger partial charge in [-0.25, -0.2) is 17.8 Å². The molecule has 0 aromatic heterocycles. The smallest absolute Gasteiger partial charge is 0.303 e. The van der Waals surface area contributed by atoms with E-state index in [2.05, 4.69) is 21.8 Å². The van der Waals surface area contributed by atoms with Crippen molar-refractivity contribution in [3.63, 3.8) is 0 Å². The second-order valence-corrected chi connectivity index (χ2v) is 12.0. The highest BCUT2D eigenvalue weighted by Crippen LogP contribution is 2.35. The van der Waals surface area contributed by atoms with Crippen LogP contribution in [0.5, 0.6) is 0 Å². The fraction of sp³-hybridized carbons (Fsp3) is 0.391. The van der Waals surface area contributed by atoms with Crippen molar-refractivity contribution < 1.29 is 32.1 Å². The number of rotatable bonds is 9. The van der Waals surface area contributed by atoms with Crippen LogP contribution in [-0.4, -0.2) is 42.4 Å². The number of hydrogen-bond donors (Lipinski definition) is 3. The maximum Gasteiger partial charge on any atom is 0.471 e. The van der Waals surface area contributed by atoms with Crippen molar-refractivity contribution in [3.8, 4) is 0 Å². The van der Waals surface area contributed by atoms with Crippen LogP contribution in [0, 0.1) is 16.7 Å². The van der Waals surface area contributed by atoms with Crippen molar-refractivity contribution in [1.29, 1.82) is 0 Å². The third-order valence-corrected chi connectivity index (χ3v) is 8.29. The summed E-state index contributed by atoms with van der Waals surface area (Å²) in [6, 6.07) is 6.70. The second kappa shape index (κ2) is 11.3. The molecule has 13 heteroatoms. The lowest BCUT2D eigenvalue weighted by atomic mass is 9.94. The standard InChI is InChI=1S/C23H30N3O8PS/c1-5-18(36(31,32)26-12-15(2)10-16(3)13-26)11-21-17(4)22(24-27)19-8-6-7-9-20(19)23(21)25-33-14-34-35(28,29)30/h5-9,11,15-16,25H,4,10,12-14H2,1-3H3,(H2,28,29,30)/b18-5+,21-11+. The first-order valence-electron chi connectivity index (χ1n) is 11.2. The molecule has 0 aliphatic carbocycles. The van der Waals surface area contributed by atoms with Gasteiger partial charge in [-0.05, 0) is 36.4 Å². The van der Waals surface area contributed by atoms with Gasteiger partial charge in [-0.15, -0.1) is 4.91 Å². The minimum atomic E-state index is -4.78. The fourth-order valence-electron chi connectivity index (χ4n) is 4.46. The van der Waals surface area contributed by atoms with E-state index in [1.165, 1.54) is 16.5 Å². The number of phosphoric acid groups is 1. The van der Waals surface area contributed by atoms with Crippen LogP contribution < -0.4 is 15.9 Å². The highest BCUT2D eigenvalue weighted by atomic mass is 32.2. The third-order valence-electron chi connectivity index (χ3n) is 5.92. The Morgan fingerprint density at radius 1 is 1.25 bits per heavy atom. The highest BCUT2D eigenvalue weighted by molar-refractivity contribution is 7.93. The average Bonchev–Trinajstić information content (AvgIpc) is 2.79. The van der Waals surface area contributed by atoms with E-state index in [0.717, 1.165) is 6.42 Å². The van der Waals surface area contributed by atoms with Crippen LogP contribution in [0.1, 0.15) is 27.2 Å². The topological polar surface area (TPSA) is 155 Å². The number of nitrogens with zero attached hydrogens (tertiary/aromatic N) is 2. The van der Waals surface area contributed by atoms with E-state index in [1.807, 2.05) is 13.8 Å². The maximum absolute atomic E-state index is 13.6. The summed E-state index contributed by atoms with van der Waals surface area (Å²) < 4.78 is 43.9. The molecular formula is C23H30N3O8PS. The molecule has 3 N–H and O–H groups in total. The van der Waals surface area contributed by atoms with Crippen LogP contribution in [0.3, 0.4) is 0 Å². The van der Waals surface area contributed by atoms with Crippen LogP contribution in [0.25, 0.3) is 23.4 Å². The summed E-state index contributed by atoms with van der Waals surface area (Å²) >= 11 is 0. The molecule has 2 aromatic carbocycles. The fourth-order valence-corrected chi connectivity index (χ4v) is 6.42. The van der Waals surface area contributed by atoms with Gasteiger partial charge in [0.2, 0.25) is 10.0 Å². The summed E-state index contributed by atoms with van der Waals surface area (Å²) in [5.74, 6) is 0.410. The Hall–Kier alpha value is -2.44. The molecule has 0 spiro atoms. The Bertz CT molecular complexity index is 1430. The first kappa shape index (κ1) is 28.1. The van der Waals surface area contributed by atoms with Crippen molar-refractivity contribution in [2.45, 2.75) is 27.2 Å². The molecular weight excluding hydrogens is 509 g/mol. The molecule has 0 amide bonds. The van der Waals surface area contributed by atoms with Gasteiger partial charge < -0.3 is 9.79 Å².